The van der Waals surface area contributed by atoms with E-state index in [2.05, 4.69) is 44.4 Å². The largest absolute Gasteiger partial charge is 0.356 e. The molecule has 8 heteroatoms. The average Bonchev–Trinajstić information content (AvgIpc) is 3.31. The van der Waals surface area contributed by atoms with Crippen molar-refractivity contribution in [1.82, 2.24) is 25.4 Å². The maximum atomic E-state index is 4.72. The van der Waals surface area contributed by atoms with Crippen LogP contribution in [0, 0.1) is 6.92 Å². The van der Waals surface area contributed by atoms with Crippen LogP contribution in [0.5, 0.6) is 0 Å². The van der Waals surface area contributed by atoms with E-state index in [9.17, 15) is 0 Å². The predicted molar refractivity (Wildman–Crippen MR) is 127 cm³/mol. The molecule has 0 aliphatic heterocycles. The molecule has 0 spiro atoms. The highest BCUT2D eigenvalue weighted by Gasteiger charge is 2.07. The number of aromatic nitrogens is 3. The number of hydrogen-bond donors (Lipinski definition) is 2. The zero-order valence-corrected chi connectivity index (χ0v) is 19.9. The van der Waals surface area contributed by atoms with E-state index in [1.54, 1.807) is 16.9 Å². The lowest BCUT2D eigenvalue weighted by Crippen LogP contribution is -2.39. The molecular weight excluding hydrogens is 483 g/mol. The van der Waals surface area contributed by atoms with Crippen LogP contribution in [0.15, 0.2) is 34.2 Å². The molecule has 2 heterocycles. The minimum Gasteiger partial charge on any atom is -0.356 e. The minimum atomic E-state index is 0. The zero-order valence-electron chi connectivity index (χ0n) is 16.8. The van der Waals surface area contributed by atoms with Gasteiger partial charge in [0.15, 0.2) is 11.8 Å². The first kappa shape index (κ1) is 22.9. The number of aryl methyl sites for hydroxylation is 1. The molecule has 28 heavy (non-hydrogen) atoms. The molecule has 0 bridgehead atoms. The van der Waals surface area contributed by atoms with E-state index in [-0.39, 0.29) is 24.0 Å². The van der Waals surface area contributed by atoms with Gasteiger partial charge in [0.2, 0.25) is 0 Å². The van der Waals surface area contributed by atoms with Crippen LogP contribution in [0.4, 0.5) is 0 Å². The SMILES string of the molecule is Cc1nnc(CN=C(NCCC2=CCCCC2)NCCc2cccs2)n1C.I. The number of halogens is 1. The van der Waals surface area contributed by atoms with Crippen molar-refractivity contribution in [2.75, 3.05) is 13.1 Å². The third-order valence-electron chi connectivity index (χ3n) is 4.93. The molecule has 2 aromatic rings. The molecule has 0 radical (unpaired) electrons. The fraction of sp³-hybridized carbons (Fsp3) is 0.550. The quantitative estimate of drug-likeness (QED) is 0.242. The number of thiophene rings is 1. The number of hydrogen-bond acceptors (Lipinski definition) is 4. The zero-order chi connectivity index (χ0) is 18.9. The summed E-state index contributed by atoms with van der Waals surface area (Å²) in [5.74, 6) is 2.63. The predicted octanol–water partition coefficient (Wildman–Crippen LogP) is 3.97. The Bertz CT molecular complexity index is 766. The van der Waals surface area contributed by atoms with Crippen LogP contribution in [-0.4, -0.2) is 33.8 Å². The summed E-state index contributed by atoms with van der Waals surface area (Å²) in [5, 5.41) is 17.4. The number of aliphatic imine (C=N–C) groups is 1. The van der Waals surface area contributed by atoms with Crippen molar-refractivity contribution in [3.8, 4) is 0 Å². The van der Waals surface area contributed by atoms with Crippen LogP contribution in [0.25, 0.3) is 0 Å². The summed E-state index contributed by atoms with van der Waals surface area (Å²) in [6.45, 7) is 4.26. The molecule has 1 aliphatic rings. The smallest absolute Gasteiger partial charge is 0.191 e. The molecule has 1 aliphatic carbocycles. The fourth-order valence-electron chi connectivity index (χ4n) is 3.14. The number of guanidine groups is 1. The van der Waals surface area contributed by atoms with Gasteiger partial charge in [-0.05, 0) is 56.9 Å². The van der Waals surface area contributed by atoms with Crippen LogP contribution >= 0.6 is 35.3 Å². The van der Waals surface area contributed by atoms with E-state index in [0.717, 1.165) is 43.5 Å². The molecule has 0 amide bonds. The number of rotatable bonds is 8. The van der Waals surface area contributed by atoms with Gasteiger partial charge in [-0.15, -0.1) is 45.5 Å². The normalized spacial score (nSPS) is 14.4. The number of allylic oxidation sites excluding steroid dienone is 1. The first-order valence-electron chi connectivity index (χ1n) is 9.79. The van der Waals surface area contributed by atoms with Crippen molar-refractivity contribution < 1.29 is 0 Å². The monoisotopic (exact) mass is 514 g/mol. The Kier molecular flexibility index (Phi) is 9.97. The second-order valence-corrected chi connectivity index (χ2v) is 7.96. The van der Waals surface area contributed by atoms with Crippen molar-refractivity contribution in [3.63, 3.8) is 0 Å². The second kappa shape index (κ2) is 12.2. The lowest BCUT2D eigenvalue weighted by Gasteiger charge is -2.15. The molecule has 6 nitrogen and oxygen atoms in total. The summed E-state index contributed by atoms with van der Waals surface area (Å²) in [6.07, 6.45) is 9.66. The molecule has 0 aromatic carbocycles. The Hall–Kier alpha value is -1.42. The Morgan fingerprint density at radius 1 is 1.21 bits per heavy atom. The Labute approximate surface area is 189 Å². The molecule has 0 saturated carbocycles. The molecule has 0 fully saturated rings. The number of nitrogens with zero attached hydrogens (tertiary/aromatic N) is 4. The van der Waals surface area contributed by atoms with E-state index in [0.29, 0.717) is 6.54 Å². The van der Waals surface area contributed by atoms with Crippen molar-refractivity contribution >= 4 is 41.3 Å². The molecule has 154 valence electrons. The second-order valence-electron chi connectivity index (χ2n) is 6.93. The van der Waals surface area contributed by atoms with Crippen LogP contribution in [0.3, 0.4) is 0 Å². The summed E-state index contributed by atoms with van der Waals surface area (Å²) >= 11 is 1.80. The molecular formula is C20H31IN6S. The van der Waals surface area contributed by atoms with E-state index >= 15 is 0 Å². The summed E-state index contributed by atoms with van der Waals surface area (Å²) < 4.78 is 1.99. The van der Waals surface area contributed by atoms with Crippen LogP contribution in [-0.2, 0) is 20.0 Å². The minimum absolute atomic E-state index is 0. The first-order chi connectivity index (χ1) is 13.2. The first-order valence-corrected chi connectivity index (χ1v) is 10.7. The van der Waals surface area contributed by atoms with Crippen molar-refractivity contribution in [1.29, 1.82) is 0 Å². The van der Waals surface area contributed by atoms with Gasteiger partial charge in [-0.1, -0.05) is 17.7 Å². The highest BCUT2D eigenvalue weighted by Crippen LogP contribution is 2.19. The highest BCUT2D eigenvalue weighted by atomic mass is 127. The van der Waals surface area contributed by atoms with Crippen molar-refractivity contribution in [2.24, 2.45) is 12.0 Å². The summed E-state index contributed by atoms with van der Waals surface area (Å²) in [5.41, 5.74) is 1.58. The van der Waals surface area contributed by atoms with Gasteiger partial charge in [-0.2, -0.15) is 0 Å². The molecule has 0 atom stereocenters. The van der Waals surface area contributed by atoms with Gasteiger partial charge in [0.05, 0.1) is 0 Å². The molecule has 0 saturated heterocycles. The highest BCUT2D eigenvalue weighted by molar-refractivity contribution is 14.0. The average molecular weight is 514 g/mol. The maximum Gasteiger partial charge on any atom is 0.191 e. The lowest BCUT2D eigenvalue weighted by molar-refractivity contribution is 0.664. The van der Waals surface area contributed by atoms with Gasteiger partial charge in [0.1, 0.15) is 12.4 Å². The third-order valence-corrected chi connectivity index (χ3v) is 5.87. The Balaban J connectivity index is 0.00000280. The summed E-state index contributed by atoms with van der Waals surface area (Å²) in [6, 6.07) is 4.27. The topological polar surface area (TPSA) is 67.1 Å². The van der Waals surface area contributed by atoms with Crippen molar-refractivity contribution in [2.45, 2.75) is 52.0 Å². The van der Waals surface area contributed by atoms with Crippen LogP contribution in [0.2, 0.25) is 0 Å². The molecule has 2 aromatic heterocycles. The van der Waals surface area contributed by atoms with E-state index < -0.39 is 0 Å². The van der Waals surface area contributed by atoms with E-state index in [1.807, 2.05) is 18.5 Å². The maximum absolute atomic E-state index is 4.72. The van der Waals surface area contributed by atoms with Gasteiger partial charge in [0, 0.05) is 25.0 Å². The van der Waals surface area contributed by atoms with Crippen molar-refractivity contribution in [3.05, 3.63) is 45.7 Å². The Morgan fingerprint density at radius 2 is 2.04 bits per heavy atom. The van der Waals surface area contributed by atoms with E-state index in [1.165, 1.54) is 30.6 Å². The van der Waals surface area contributed by atoms with Gasteiger partial charge in [0.25, 0.3) is 0 Å². The lowest BCUT2D eigenvalue weighted by atomic mass is 9.97. The van der Waals surface area contributed by atoms with Gasteiger partial charge < -0.3 is 15.2 Å². The molecule has 0 unspecified atom stereocenters. The van der Waals surface area contributed by atoms with Crippen LogP contribution in [0.1, 0.15) is 48.6 Å². The summed E-state index contributed by atoms with van der Waals surface area (Å²) in [7, 11) is 1.98. The van der Waals surface area contributed by atoms with Crippen LogP contribution < -0.4 is 10.6 Å². The third kappa shape index (κ3) is 7.20. The molecule has 3 rings (SSSR count). The Morgan fingerprint density at radius 3 is 2.68 bits per heavy atom. The molecule has 2 N–H and O–H groups in total. The standard InChI is InChI=1S/C20H30N6S.HI/c1-16-24-25-19(26(16)2)15-23-20(22-13-11-18-9-6-14-27-18)21-12-10-17-7-4-3-5-8-17;/h6-7,9,14H,3-5,8,10-13,15H2,1-2H3,(H2,21,22,23);1H. The number of nitrogens with one attached hydrogen (secondary N) is 2. The summed E-state index contributed by atoms with van der Waals surface area (Å²) in [4.78, 5) is 6.11. The van der Waals surface area contributed by atoms with Gasteiger partial charge >= 0.3 is 0 Å². The van der Waals surface area contributed by atoms with Gasteiger partial charge in [-0.25, -0.2) is 4.99 Å². The fourth-order valence-corrected chi connectivity index (χ4v) is 3.85. The van der Waals surface area contributed by atoms with Gasteiger partial charge in [-0.3, -0.25) is 0 Å². The van der Waals surface area contributed by atoms with E-state index in [4.69, 9.17) is 4.99 Å².